The quantitative estimate of drug-likeness (QED) is 0.513. The average Bonchev–Trinajstić information content (AvgIpc) is 3.10. The van der Waals surface area contributed by atoms with Gasteiger partial charge in [-0.25, -0.2) is 9.37 Å². The highest BCUT2D eigenvalue weighted by molar-refractivity contribution is 5.98. The summed E-state index contributed by atoms with van der Waals surface area (Å²) in [5.41, 5.74) is 8.97. The fourth-order valence-electron chi connectivity index (χ4n) is 3.22. The van der Waals surface area contributed by atoms with Gasteiger partial charge in [0, 0.05) is 18.7 Å². The number of ether oxygens (including phenoxy) is 1. The number of carbonyl (C=O) groups excluding carboxylic acids is 1. The summed E-state index contributed by atoms with van der Waals surface area (Å²) in [5, 5.41) is 6.60. The number of nitrogens with one attached hydrogen (secondary N) is 2. The molecule has 1 amide bonds. The number of nitrogen functional groups attached to an aromatic ring is 1. The van der Waals surface area contributed by atoms with Gasteiger partial charge in [-0.2, -0.15) is 5.10 Å². The molecule has 7 nitrogen and oxygen atoms in total. The molecule has 0 saturated heterocycles. The minimum atomic E-state index is -0.327. The first-order valence-electron chi connectivity index (χ1n) is 8.74. The smallest absolute Gasteiger partial charge is 0.272 e. The largest absolute Gasteiger partial charge is 0.493 e. The Balaban J connectivity index is 1.63. The van der Waals surface area contributed by atoms with Crippen LogP contribution in [0.5, 0.6) is 5.75 Å². The molecule has 0 bridgehead atoms. The molecule has 3 rings (SSSR count). The van der Waals surface area contributed by atoms with Crippen molar-refractivity contribution in [1.82, 2.24) is 10.3 Å². The number of anilines is 2. The van der Waals surface area contributed by atoms with Gasteiger partial charge in [0.05, 0.1) is 12.3 Å². The zero-order chi connectivity index (χ0) is 19.2. The van der Waals surface area contributed by atoms with Gasteiger partial charge in [-0.1, -0.05) is 6.42 Å². The lowest BCUT2D eigenvalue weighted by Crippen LogP contribution is -2.40. The molecule has 2 aromatic rings. The number of halogens is 1. The second-order valence-corrected chi connectivity index (χ2v) is 6.44. The molecule has 1 saturated carbocycles. The van der Waals surface area contributed by atoms with Gasteiger partial charge in [0.25, 0.3) is 5.91 Å². The van der Waals surface area contributed by atoms with Crippen molar-refractivity contribution in [1.29, 1.82) is 0 Å². The van der Waals surface area contributed by atoms with Crippen LogP contribution in [-0.4, -0.2) is 30.3 Å². The average molecular weight is 371 g/mol. The maximum Gasteiger partial charge on any atom is 0.272 e. The summed E-state index contributed by atoms with van der Waals surface area (Å²) in [4.78, 5) is 16.8. The Hall–Kier alpha value is -3.16. The number of hydrazone groups is 1. The topological polar surface area (TPSA) is 102 Å². The summed E-state index contributed by atoms with van der Waals surface area (Å²) in [5.74, 6) is 0.384. The van der Waals surface area contributed by atoms with E-state index in [0.29, 0.717) is 18.0 Å². The van der Waals surface area contributed by atoms with Crippen LogP contribution in [0.2, 0.25) is 0 Å². The van der Waals surface area contributed by atoms with Crippen molar-refractivity contribution in [3.8, 4) is 5.75 Å². The Morgan fingerprint density at radius 3 is 2.81 bits per heavy atom. The summed E-state index contributed by atoms with van der Waals surface area (Å²) in [6.45, 7) is 3.81. The third-order valence-corrected chi connectivity index (χ3v) is 4.58. The van der Waals surface area contributed by atoms with E-state index in [1.807, 2.05) is 0 Å². The molecule has 1 aromatic heterocycles. The van der Waals surface area contributed by atoms with Crippen LogP contribution in [0.1, 0.15) is 29.8 Å². The van der Waals surface area contributed by atoms with Crippen molar-refractivity contribution >= 4 is 24.1 Å². The summed E-state index contributed by atoms with van der Waals surface area (Å²) >= 11 is 0. The van der Waals surface area contributed by atoms with Gasteiger partial charge in [0.15, 0.2) is 5.69 Å². The summed E-state index contributed by atoms with van der Waals surface area (Å²) < 4.78 is 18.7. The minimum Gasteiger partial charge on any atom is -0.493 e. The number of nitrogens with zero attached hydrogens (tertiary/aromatic N) is 2. The third-order valence-electron chi connectivity index (χ3n) is 4.58. The van der Waals surface area contributed by atoms with Crippen molar-refractivity contribution in [2.75, 3.05) is 17.8 Å². The van der Waals surface area contributed by atoms with Crippen LogP contribution in [0.4, 0.5) is 15.9 Å². The van der Waals surface area contributed by atoms with Gasteiger partial charge in [-0.15, -0.1) is 0 Å². The number of rotatable bonds is 7. The normalized spacial score (nSPS) is 18.7. The molecule has 1 aliphatic carbocycles. The molecule has 0 spiro atoms. The van der Waals surface area contributed by atoms with E-state index in [-0.39, 0.29) is 35.2 Å². The van der Waals surface area contributed by atoms with Crippen molar-refractivity contribution in [3.05, 3.63) is 47.9 Å². The van der Waals surface area contributed by atoms with Crippen molar-refractivity contribution in [3.63, 3.8) is 0 Å². The number of pyridine rings is 1. The lowest BCUT2D eigenvalue weighted by molar-refractivity contribution is 0.0915. The number of amides is 1. The number of nitrogens with two attached hydrogens (primary N) is 1. The SMILES string of the molecule is C=NNc1ccc(N)nc1C(=O)N[C@H]1CCC[C@@H]1COc1ccc(F)cc1. The lowest BCUT2D eigenvalue weighted by atomic mass is 10.0. The number of hydrogen-bond donors (Lipinski definition) is 3. The first-order valence-corrected chi connectivity index (χ1v) is 8.74. The predicted molar refractivity (Wildman–Crippen MR) is 102 cm³/mol. The second-order valence-electron chi connectivity index (χ2n) is 6.44. The van der Waals surface area contributed by atoms with Crippen molar-refractivity contribution in [2.24, 2.45) is 11.0 Å². The van der Waals surface area contributed by atoms with E-state index in [2.05, 4.69) is 27.5 Å². The van der Waals surface area contributed by atoms with Gasteiger partial charge in [-0.3, -0.25) is 10.2 Å². The molecule has 2 atom stereocenters. The van der Waals surface area contributed by atoms with Crippen LogP contribution in [0, 0.1) is 11.7 Å². The summed E-state index contributed by atoms with van der Waals surface area (Å²) in [7, 11) is 0. The maximum absolute atomic E-state index is 13.0. The van der Waals surface area contributed by atoms with E-state index in [0.717, 1.165) is 19.3 Å². The summed E-state index contributed by atoms with van der Waals surface area (Å²) in [6.07, 6.45) is 2.79. The first kappa shape index (κ1) is 18.6. The number of carbonyl (C=O) groups is 1. The van der Waals surface area contributed by atoms with Crippen molar-refractivity contribution < 1.29 is 13.9 Å². The molecule has 0 unspecified atom stereocenters. The lowest BCUT2D eigenvalue weighted by Gasteiger charge is -2.21. The van der Waals surface area contributed by atoms with Gasteiger partial charge < -0.3 is 15.8 Å². The van der Waals surface area contributed by atoms with Gasteiger partial charge in [-0.05, 0) is 49.2 Å². The molecule has 1 fully saturated rings. The van der Waals surface area contributed by atoms with Crippen molar-refractivity contribution in [2.45, 2.75) is 25.3 Å². The molecule has 142 valence electrons. The Morgan fingerprint density at radius 2 is 2.07 bits per heavy atom. The van der Waals surface area contributed by atoms with E-state index in [1.165, 1.54) is 12.1 Å². The van der Waals surface area contributed by atoms with Crippen LogP contribution >= 0.6 is 0 Å². The Kier molecular flexibility index (Phi) is 5.85. The van der Waals surface area contributed by atoms with E-state index in [4.69, 9.17) is 10.5 Å². The highest BCUT2D eigenvalue weighted by atomic mass is 19.1. The third kappa shape index (κ3) is 4.72. The van der Waals surface area contributed by atoms with E-state index >= 15 is 0 Å². The molecule has 1 aromatic carbocycles. The zero-order valence-electron chi connectivity index (χ0n) is 14.8. The molecule has 1 aliphatic rings. The monoisotopic (exact) mass is 371 g/mol. The van der Waals surface area contributed by atoms with Crippen LogP contribution in [0.3, 0.4) is 0 Å². The molecule has 0 aliphatic heterocycles. The highest BCUT2D eigenvalue weighted by Crippen LogP contribution is 2.27. The number of hydrogen-bond acceptors (Lipinski definition) is 6. The number of aromatic nitrogens is 1. The molecule has 0 radical (unpaired) electrons. The number of benzene rings is 1. The van der Waals surface area contributed by atoms with Gasteiger partial charge in [0.2, 0.25) is 0 Å². The summed E-state index contributed by atoms with van der Waals surface area (Å²) in [6, 6.07) is 9.08. The molecular weight excluding hydrogens is 349 g/mol. The van der Waals surface area contributed by atoms with E-state index < -0.39 is 0 Å². The van der Waals surface area contributed by atoms with Crippen LogP contribution < -0.4 is 21.2 Å². The minimum absolute atomic E-state index is 0.0364. The molecule has 27 heavy (non-hydrogen) atoms. The Labute approximate surface area is 156 Å². The van der Waals surface area contributed by atoms with E-state index in [9.17, 15) is 9.18 Å². The second kappa shape index (κ2) is 8.48. The fourth-order valence-corrected chi connectivity index (χ4v) is 3.22. The van der Waals surface area contributed by atoms with Gasteiger partial charge in [0.1, 0.15) is 17.4 Å². The molecule has 8 heteroatoms. The maximum atomic E-state index is 13.0. The van der Waals surface area contributed by atoms with Gasteiger partial charge >= 0.3 is 0 Å². The van der Waals surface area contributed by atoms with Crippen LogP contribution in [0.25, 0.3) is 0 Å². The zero-order valence-corrected chi connectivity index (χ0v) is 14.8. The molecule has 1 heterocycles. The molecule has 4 N–H and O–H groups in total. The van der Waals surface area contributed by atoms with Crippen LogP contribution in [-0.2, 0) is 0 Å². The first-order chi connectivity index (χ1) is 13.1. The standard InChI is InChI=1S/C19H22FN5O2/c1-22-25-16-9-10-17(21)24-18(16)19(26)23-15-4-2-3-12(15)11-27-14-7-5-13(20)6-8-14/h5-10,12,15,25H,1-4,11H2,(H2,21,24)(H,23,26)/t12-,15+/m1/s1. The highest BCUT2D eigenvalue weighted by Gasteiger charge is 2.30. The van der Waals surface area contributed by atoms with Crippen LogP contribution in [0.15, 0.2) is 41.5 Å². The van der Waals surface area contributed by atoms with E-state index in [1.54, 1.807) is 24.3 Å². The Morgan fingerprint density at radius 1 is 1.30 bits per heavy atom. The predicted octanol–water partition coefficient (Wildman–Crippen LogP) is 2.81. The Bertz CT molecular complexity index is 812. The fraction of sp³-hybridized carbons (Fsp3) is 0.316. The molecular formula is C19H22FN5O2.